The van der Waals surface area contributed by atoms with Crippen molar-refractivity contribution in [2.45, 2.75) is 18.9 Å². The summed E-state index contributed by atoms with van der Waals surface area (Å²) in [6.07, 6.45) is 3.31. The highest BCUT2D eigenvalue weighted by molar-refractivity contribution is 5.93. The topological polar surface area (TPSA) is 101 Å². The van der Waals surface area contributed by atoms with Gasteiger partial charge in [0.2, 0.25) is 0 Å². The summed E-state index contributed by atoms with van der Waals surface area (Å²) in [5.41, 5.74) is 3.25. The number of para-hydroxylation sites is 2. The molecule has 1 aromatic heterocycles. The summed E-state index contributed by atoms with van der Waals surface area (Å²) in [7, 11) is 0. The number of guanidine groups is 1. The van der Waals surface area contributed by atoms with Gasteiger partial charge < -0.3 is 9.52 Å². The molecule has 2 heterocycles. The number of carbonyl (C=O) groups is 1. The molecule has 4 N–H and O–H groups in total. The third-order valence-electron chi connectivity index (χ3n) is 5.12. The Morgan fingerprint density at radius 3 is 2.82 bits per heavy atom. The van der Waals surface area contributed by atoms with E-state index in [2.05, 4.69) is 26.7 Å². The van der Waals surface area contributed by atoms with Crippen LogP contribution in [0, 0.1) is 5.92 Å². The van der Waals surface area contributed by atoms with Crippen LogP contribution < -0.4 is 15.6 Å². The van der Waals surface area contributed by atoms with Crippen molar-refractivity contribution in [3.8, 4) is 5.75 Å². The Bertz CT molecular complexity index is 1080. The zero-order valence-corrected chi connectivity index (χ0v) is 15.0. The Kier molecular flexibility index (Phi) is 3.86. The van der Waals surface area contributed by atoms with Crippen LogP contribution in [0.25, 0.3) is 11.1 Å². The Labute approximate surface area is 160 Å². The lowest BCUT2D eigenvalue weighted by atomic mass is 9.81. The number of ketones is 1. The number of anilines is 1. The molecule has 0 amide bonds. The van der Waals surface area contributed by atoms with E-state index in [4.69, 9.17) is 4.42 Å². The molecule has 2 aliphatic rings. The molecule has 7 nitrogen and oxygen atoms in total. The third kappa shape index (κ3) is 2.90. The van der Waals surface area contributed by atoms with Gasteiger partial charge in [0, 0.05) is 6.42 Å². The first-order valence-electron chi connectivity index (χ1n) is 9.22. The fourth-order valence-electron chi connectivity index (χ4n) is 3.80. The number of fused-ring (bicyclic) bond motifs is 2. The van der Waals surface area contributed by atoms with E-state index in [9.17, 15) is 9.90 Å². The molecule has 0 saturated heterocycles. The maximum atomic E-state index is 12.6. The van der Waals surface area contributed by atoms with E-state index < -0.39 is 0 Å². The number of phenolic OH excluding ortho intramolecular Hbond substituents is 1. The molecule has 1 aliphatic carbocycles. The van der Waals surface area contributed by atoms with E-state index in [0.717, 1.165) is 23.2 Å². The predicted octanol–water partition coefficient (Wildman–Crippen LogP) is 1.59. The van der Waals surface area contributed by atoms with E-state index >= 15 is 0 Å². The fraction of sp³-hybridized carbons (Fsp3) is 0.190. The molecule has 3 aromatic rings. The molecule has 0 fully saturated rings. The highest BCUT2D eigenvalue weighted by atomic mass is 16.4. The maximum absolute atomic E-state index is 12.6. The Hall–Kier alpha value is -3.61. The van der Waals surface area contributed by atoms with Crippen LogP contribution in [0.15, 0.2) is 64.7 Å². The Balaban J connectivity index is 1.52. The normalized spacial score (nSPS) is 21.5. The molecule has 7 heteroatoms. The van der Waals surface area contributed by atoms with E-state index in [1.807, 2.05) is 36.4 Å². The number of aromatic nitrogens is 1. The summed E-state index contributed by atoms with van der Waals surface area (Å²) in [6.45, 7) is 0. The minimum Gasteiger partial charge on any atom is -0.508 e. The van der Waals surface area contributed by atoms with E-state index in [0.29, 0.717) is 24.0 Å². The Morgan fingerprint density at radius 1 is 1.18 bits per heavy atom. The minimum atomic E-state index is -0.299. The van der Waals surface area contributed by atoms with Gasteiger partial charge in [-0.05, 0) is 42.3 Å². The van der Waals surface area contributed by atoms with Crippen molar-refractivity contribution >= 4 is 28.9 Å². The van der Waals surface area contributed by atoms with Gasteiger partial charge in [0.1, 0.15) is 29.0 Å². The lowest BCUT2D eigenvalue weighted by Crippen LogP contribution is -2.84. The number of Topliss-reactive ketones (excluding diaryl/α,β-unsaturated/α-hetero) is 1. The monoisotopic (exact) mass is 375 g/mol. The van der Waals surface area contributed by atoms with Crippen LogP contribution in [0.1, 0.15) is 24.4 Å². The molecule has 140 valence electrons. The number of oxazole rings is 1. The second-order valence-corrected chi connectivity index (χ2v) is 6.97. The number of nitrogens with one attached hydrogen (secondary N) is 3. The summed E-state index contributed by atoms with van der Waals surface area (Å²) in [4.78, 5) is 20.4. The van der Waals surface area contributed by atoms with Crippen molar-refractivity contribution in [2.24, 2.45) is 5.92 Å². The number of hydrogen-bond acceptors (Lipinski definition) is 6. The van der Waals surface area contributed by atoms with Crippen LogP contribution in [0.2, 0.25) is 0 Å². The molecule has 0 unspecified atom stereocenters. The molecule has 0 saturated carbocycles. The van der Waals surface area contributed by atoms with Crippen molar-refractivity contribution in [1.29, 1.82) is 0 Å². The first-order chi connectivity index (χ1) is 13.7. The van der Waals surface area contributed by atoms with Crippen LogP contribution in [0.3, 0.4) is 0 Å². The van der Waals surface area contributed by atoms with Crippen molar-refractivity contribution in [3.05, 3.63) is 65.9 Å². The zero-order valence-electron chi connectivity index (χ0n) is 15.0. The van der Waals surface area contributed by atoms with Gasteiger partial charge in [-0.2, -0.15) is 10.3 Å². The number of carbonyl (C=O) groups excluding carboxylic acids is 1. The van der Waals surface area contributed by atoms with Gasteiger partial charge in [-0.3, -0.25) is 9.79 Å². The second kappa shape index (κ2) is 6.53. The van der Waals surface area contributed by atoms with Gasteiger partial charge in [-0.25, -0.2) is 5.32 Å². The van der Waals surface area contributed by atoms with Gasteiger partial charge in [0.05, 0.1) is 5.70 Å². The molecule has 5 rings (SSSR count). The highest BCUT2D eigenvalue weighted by Gasteiger charge is 2.41. The quantitative estimate of drug-likeness (QED) is 0.543. The number of allylic oxidation sites excluding steroid dienone is 1. The van der Waals surface area contributed by atoms with E-state index in [-0.39, 0.29) is 23.5 Å². The largest absolute Gasteiger partial charge is 0.508 e. The number of hydrogen-bond donors (Lipinski definition) is 4. The molecular weight excluding hydrogens is 356 g/mol. The molecule has 0 radical (unpaired) electrons. The molecular formula is C21H19N4O3+. The molecule has 0 spiro atoms. The second-order valence-electron chi connectivity index (χ2n) is 6.97. The van der Waals surface area contributed by atoms with Gasteiger partial charge in [-0.1, -0.05) is 24.3 Å². The van der Waals surface area contributed by atoms with Crippen LogP contribution in [-0.2, 0) is 4.79 Å². The molecule has 2 aromatic carbocycles. The predicted molar refractivity (Wildman–Crippen MR) is 103 cm³/mol. The number of benzene rings is 2. The van der Waals surface area contributed by atoms with Crippen molar-refractivity contribution in [2.75, 3.05) is 5.32 Å². The standard InChI is InChI=1S/C21H18N4O3/c26-13-10-8-12(9-11-13)19-18-15(5-3-6-16(18)27)22-20(24-19)25-21-23-14-4-1-2-7-17(14)28-21/h1-2,4-5,7-11,18-19,26H,3,6H2,(H2,22,23,24,25)/p+1/t18-,19-/m0/s1. The van der Waals surface area contributed by atoms with Crippen molar-refractivity contribution in [3.63, 3.8) is 0 Å². The lowest BCUT2D eigenvalue weighted by molar-refractivity contribution is -0.522. The SMILES string of the molecule is O=C1CCC=C2NC(Nc3nc4ccccc4o3)=[NH+][C@@H](c3ccc(O)cc3)[C@H]12. The van der Waals surface area contributed by atoms with Crippen LogP contribution in [0.4, 0.5) is 6.01 Å². The molecule has 0 bridgehead atoms. The number of phenols is 1. The van der Waals surface area contributed by atoms with Gasteiger partial charge in [0.25, 0.3) is 0 Å². The average molecular weight is 375 g/mol. The van der Waals surface area contributed by atoms with Gasteiger partial charge in [0.15, 0.2) is 5.58 Å². The minimum absolute atomic E-state index is 0.191. The fourth-order valence-corrected chi connectivity index (χ4v) is 3.80. The summed E-state index contributed by atoms with van der Waals surface area (Å²) < 4.78 is 5.74. The summed E-state index contributed by atoms with van der Waals surface area (Å²) in [5, 5.41) is 16.0. The molecule has 2 atom stereocenters. The van der Waals surface area contributed by atoms with Crippen LogP contribution in [-0.4, -0.2) is 21.8 Å². The lowest BCUT2D eigenvalue weighted by Gasteiger charge is -2.30. The van der Waals surface area contributed by atoms with E-state index in [1.165, 1.54) is 0 Å². The molecule has 1 aliphatic heterocycles. The summed E-state index contributed by atoms with van der Waals surface area (Å²) >= 11 is 0. The van der Waals surface area contributed by atoms with Crippen LogP contribution in [0.5, 0.6) is 5.75 Å². The molecule has 28 heavy (non-hydrogen) atoms. The smallest absolute Gasteiger partial charge is 0.365 e. The Morgan fingerprint density at radius 2 is 2.00 bits per heavy atom. The summed E-state index contributed by atoms with van der Waals surface area (Å²) in [6, 6.07) is 14.6. The van der Waals surface area contributed by atoms with E-state index in [1.54, 1.807) is 12.1 Å². The maximum Gasteiger partial charge on any atom is 0.365 e. The first-order valence-corrected chi connectivity index (χ1v) is 9.22. The van der Waals surface area contributed by atoms with Gasteiger partial charge >= 0.3 is 12.0 Å². The van der Waals surface area contributed by atoms with Crippen LogP contribution >= 0.6 is 0 Å². The third-order valence-corrected chi connectivity index (χ3v) is 5.12. The highest BCUT2D eigenvalue weighted by Crippen LogP contribution is 2.31. The van der Waals surface area contributed by atoms with Crippen molar-refractivity contribution < 1.29 is 19.3 Å². The average Bonchev–Trinajstić information content (AvgIpc) is 3.10. The van der Waals surface area contributed by atoms with Gasteiger partial charge in [-0.15, -0.1) is 0 Å². The first kappa shape index (κ1) is 16.6. The van der Waals surface area contributed by atoms with Crippen molar-refractivity contribution in [1.82, 2.24) is 10.3 Å². The number of nitrogens with zero attached hydrogens (tertiary/aromatic N) is 1. The number of aromatic hydroxyl groups is 1. The summed E-state index contributed by atoms with van der Waals surface area (Å²) in [5.74, 6) is 0.683. The zero-order chi connectivity index (χ0) is 19.1. The number of rotatable bonds is 2.